The van der Waals surface area contributed by atoms with Crippen LogP contribution >= 0.6 is 11.8 Å². The number of hydrogen-bond donors (Lipinski definition) is 2. The maximum atomic E-state index is 13.8. The molecule has 2 aromatic carbocycles. The Bertz CT molecular complexity index is 1080. The van der Waals surface area contributed by atoms with Crippen LogP contribution in [0.15, 0.2) is 53.9 Å². The summed E-state index contributed by atoms with van der Waals surface area (Å²) in [6, 6.07) is 12.1. The number of nitrogens with one attached hydrogen (secondary N) is 2. The van der Waals surface area contributed by atoms with E-state index in [0.29, 0.717) is 34.5 Å². The predicted octanol–water partition coefficient (Wildman–Crippen LogP) is 3.76. The Hall–Kier alpha value is -3.27. The van der Waals surface area contributed by atoms with Crippen LogP contribution in [-0.2, 0) is 17.1 Å². The zero-order chi connectivity index (χ0) is 23.8. The number of ether oxygens (including phenoxy) is 2. The molecule has 0 fully saturated rings. The molecule has 0 aliphatic carbocycles. The van der Waals surface area contributed by atoms with Crippen molar-refractivity contribution >= 4 is 17.7 Å². The quantitative estimate of drug-likeness (QED) is 0.434. The molecule has 10 heteroatoms. The number of carbonyl (C=O) groups excluding carboxylic acids is 1. The largest absolute Gasteiger partial charge is 0.493 e. The number of carbonyl (C=O) groups is 1. The highest BCUT2D eigenvalue weighted by Crippen LogP contribution is 2.28. The van der Waals surface area contributed by atoms with Gasteiger partial charge in [-0.1, -0.05) is 36.0 Å². The number of rotatable bonds is 10. The lowest BCUT2D eigenvalue weighted by Gasteiger charge is -2.20. The lowest BCUT2D eigenvalue weighted by molar-refractivity contribution is -0.124. The second-order valence-corrected chi connectivity index (χ2v) is 9.21. The van der Waals surface area contributed by atoms with Crippen molar-refractivity contribution in [3.63, 3.8) is 0 Å². The van der Waals surface area contributed by atoms with Crippen LogP contribution in [0.5, 0.6) is 11.5 Å². The fourth-order valence-electron chi connectivity index (χ4n) is 2.90. The van der Waals surface area contributed by atoms with Crippen molar-refractivity contribution in [2.75, 3.05) is 19.1 Å². The van der Waals surface area contributed by atoms with E-state index in [1.807, 2.05) is 32.9 Å². The molecule has 0 spiro atoms. The molecule has 176 valence electrons. The average molecular weight is 474 g/mol. The Morgan fingerprint density at radius 2 is 1.97 bits per heavy atom. The van der Waals surface area contributed by atoms with E-state index in [0.717, 1.165) is 5.56 Å². The van der Waals surface area contributed by atoms with E-state index in [-0.39, 0.29) is 23.9 Å². The molecule has 3 aromatic rings. The lowest BCUT2D eigenvalue weighted by atomic mass is 10.1. The van der Waals surface area contributed by atoms with Gasteiger partial charge < -0.3 is 20.2 Å². The van der Waals surface area contributed by atoms with Crippen LogP contribution in [0.1, 0.15) is 31.9 Å². The van der Waals surface area contributed by atoms with Crippen molar-refractivity contribution in [2.24, 2.45) is 0 Å². The van der Waals surface area contributed by atoms with Gasteiger partial charge in [0.2, 0.25) is 5.16 Å². The summed E-state index contributed by atoms with van der Waals surface area (Å²) >= 11 is 1.38. The van der Waals surface area contributed by atoms with E-state index in [2.05, 4.69) is 20.9 Å². The first-order valence-electron chi connectivity index (χ1n) is 10.4. The first-order valence-corrected chi connectivity index (χ1v) is 11.3. The van der Waals surface area contributed by atoms with Crippen molar-refractivity contribution in [1.29, 1.82) is 0 Å². The molecule has 1 amide bonds. The van der Waals surface area contributed by atoms with Crippen LogP contribution in [-0.4, -0.2) is 40.0 Å². The van der Waals surface area contributed by atoms with Gasteiger partial charge in [0, 0.05) is 11.3 Å². The van der Waals surface area contributed by atoms with Crippen molar-refractivity contribution in [2.45, 2.75) is 43.8 Å². The third kappa shape index (κ3) is 7.38. The van der Waals surface area contributed by atoms with E-state index >= 15 is 0 Å². The minimum absolute atomic E-state index is 0.103. The molecule has 0 saturated carbocycles. The molecule has 1 heterocycles. The van der Waals surface area contributed by atoms with E-state index in [1.54, 1.807) is 42.4 Å². The number of benzene rings is 2. The molecule has 0 aliphatic rings. The fourth-order valence-corrected chi connectivity index (χ4v) is 3.78. The number of methoxy groups -OCH3 is 1. The molecular weight excluding hydrogens is 445 g/mol. The van der Waals surface area contributed by atoms with Gasteiger partial charge in [-0.2, -0.15) is 0 Å². The zero-order valence-corrected chi connectivity index (χ0v) is 19.9. The Labute approximate surface area is 196 Å². The molecule has 8 nitrogen and oxygen atoms in total. The van der Waals surface area contributed by atoms with Crippen LogP contribution in [0.4, 0.5) is 4.39 Å². The number of nitrogens with zero attached hydrogens (tertiary/aromatic N) is 3. The number of aromatic nitrogens is 3. The maximum Gasteiger partial charge on any atom is 0.258 e. The minimum atomic E-state index is -0.325. The number of thioether (sulfide) groups is 1. The SMILES string of the molecule is COc1cc(CNn2cnnc2SCc2ccccc2F)ccc1OCC(=O)NC(C)(C)C. The molecule has 1 aromatic heterocycles. The molecule has 0 unspecified atom stereocenters. The lowest BCUT2D eigenvalue weighted by Crippen LogP contribution is -2.43. The van der Waals surface area contributed by atoms with Crippen molar-refractivity contribution < 1.29 is 18.7 Å². The third-order valence-electron chi connectivity index (χ3n) is 4.39. The summed E-state index contributed by atoms with van der Waals surface area (Å²) in [4.78, 5) is 12.0. The monoisotopic (exact) mass is 473 g/mol. The highest BCUT2D eigenvalue weighted by molar-refractivity contribution is 7.98. The van der Waals surface area contributed by atoms with Crippen LogP contribution in [0, 0.1) is 5.82 Å². The standard InChI is InChI=1S/C23H28FN5O3S/c1-23(2,3)27-21(30)13-32-19-10-9-16(11-20(19)31-4)12-26-29-15-25-28-22(29)33-14-17-7-5-6-8-18(17)24/h5-11,15,26H,12-14H2,1-4H3,(H,27,30). The Morgan fingerprint density at radius 3 is 2.70 bits per heavy atom. The van der Waals surface area contributed by atoms with E-state index in [9.17, 15) is 9.18 Å². The highest BCUT2D eigenvalue weighted by Gasteiger charge is 2.15. The summed E-state index contributed by atoms with van der Waals surface area (Å²) in [7, 11) is 1.55. The van der Waals surface area contributed by atoms with Gasteiger partial charge in [0.25, 0.3) is 5.91 Å². The van der Waals surface area contributed by atoms with Crippen molar-refractivity contribution in [1.82, 2.24) is 20.2 Å². The van der Waals surface area contributed by atoms with E-state index < -0.39 is 0 Å². The van der Waals surface area contributed by atoms with E-state index in [4.69, 9.17) is 9.47 Å². The van der Waals surface area contributed by atoms with Crippen LogP contribution in [0.25, 0.3) is 0 Å². The van der Waals surface area contributed by atoms with Gasteiger partial charge in [-0.05, 0) is 50.1 Å². The van der Waals surface area contributed by atoms with Gasteiger partial charge in [0.1, 0.15) is 12.1 Å². The van der Waals surface area contributed by atoms with Gasteiger partial charge in [-0.25, -0.2) is 9.07 Å². The molecule has 0 bridgehead atoms. The van der Waals surface area contributed by atoms with Gasteiger partial charge in [0.05, 0.1) is 13.7 Å². The zero-order valence-electron chi connectivity index (χ0n) is 19.1. The molecule has 0 saturated heterocycles. The highest BCUT2D eigenvalue weighted by atomic mass is 32.2. The Morgan fingerprint density at radius 1 is 1.18 bits per heavy atom. The first-order chi connectivity index (χ1) is 15.7. The summed E-state index contributed by atoms with van der Waals surface area (Å²) in [5.41, 5.74) is 4.43. The van der Waals surface area contributed by atoms with Crippen molar-refractivity contribution in [3.8, 4) is 11.5 Å². The van der Waals surface area contributed by atoms with E-state index in [1.165, 1.54) is 17.8 Å². The maximum absolute atomic E-state index is 13.8. The summed E-state index contributed by atoms with van der Waals surface area (Å²) < 4.78 is 26.6. The molecular formula is C23H28FN5O3S. The molecule has 33 heavy (non-hydrogen) atoms. The number of hydrogen-bond acceptors (Lipinski definition) is 7. The summed E-state index contributed by atoms with van der Waals surface area (Å²) in [5, 5.41) is 11.5. The number of amides is 1. The molecule has 0 aliphatic heterocycles. The summed E-state index contributed by atoms with van der Waals surface area (Å²) in [6.45, 7) is 6.09. The summed E-state index contributed by atoms with van der Waals surface area (Å²) in [5.74, 6) is 1.000. The molecule has 0 radical (unpaired) electrons. The Balaban J connectivity index is 1.57. The average Bonchev–Trinajstić information content (AvgIpc) is 3.22. The van der Waals surface area contributed by atoms with Gasteiger partial charge in [0.15, 0.2) is 18.1 Å². The molecule has 0 atom stereocenters. The second-order valence-electron chi connectivity index (χ2n) is 8.27. The number of halogens is 1. The fraction of sp³-hybridized carbons (Fsp3) is 0.348. The van der Waals surface area contributed by atoms with Gasteiger partial charge in [-0.3, -0.25) is 4.79 Å². The third-order valence-corrected chi connectivity index (χ3v) is 5.38. The molecule has 3 rings (SSSR count). The summed E-state index contributed by atoms with van der Waals surface area (Å²) in [6.07, 6.45) is 1.56. The van der Waals surface area contributed by atoms with Crippen LogP contribution < -0.4 is 20.2 Å². The van der Waals surface area contributed by atoms with Crippen LogP contribution in [0.3, 0.4) is 0 Å². The van der Waals surface area contributed by atoms with Gasteiger partial charge >= 0.3 is 0 Å². The predicted molar refractivity (Wildman–Crippen MR) is 125 cm³/mol. The second kappa shape index (κ2) is 11.0. The smallest absolute Gasteiger partial charge is 0.258 e. The normalized spacial score (nSPS) is 11.2. The van der Waals surface area contributed by atoms with Crippen molar-refractivity contribution in [3.05, 3.63) is 65.7 Å². The Kier molecular flexibility index (Phi) is 8.16. The first kappa shape index (κ1) is 24.4. The molecule has 2 N–H and O–H groups in total. The topological polar surface area (TPSA) is 90.3 Å². The van der Waals surface area contributed by atoms with Crippen LogP contribution in [0.2, 0.25) is 0 Å². The van der Waals surface area contributed by atoms with Gasteiger partial charge in [-0.15, -0.1) is 10.2 Å². The minimum Gasteiger partial charge on any atom is -0.493 e.